The Morgan fingerprint density at radius 3 is 1.08 bits per heavy atom. The maximum Gasteiger partial charge on any atom is 0.00896 e. The quantitative estimate of drug-likeness (QED) is 0.181. The second-order valence-electron chi connectivity index (χ2n) is 10.2. The maximum absolute atomic E-state index is 2.38. The molecule has 4 aromatic rings. The average molecular weight is 475 g/mol. The Morgan fingerprint density at radius 2 is 0.750 bits per heavy atom. The third kappa shape index (κ3) is 7.20. The molecule has 186 valence electrons. The van der Waals surface area contributed by atoms with Gasteiger partial charge in [-0.25, -0.2) is 0 Å². The van der Waals surface area contributed by atoms with Crippen molar-refractivity contribution in [3.63, 3.8) is 0 Å². The van der Waals surface area contributed by atoms with E-state index in [4.69, 9.17) is 0 Å². The lowest BCUT2D eigenvalue weighted by Crippen LogP contribution is -2.07. The minimum absolute atomic E-state index is 0.404. The van der Waals surface area contributed by atoms with Crippen molar-refractivity contribution in [1.82, 2.24) is 0 Å². The van der Waals surface area contributed by atoms with Crippen molar-refractivity contribution in [1.29, 1.82) is 0 Å². The first-order valence-corrected chi connectivity index (χ1v) is 14.1. The smallest absolute Gasteiger partial charge is 0.00896 e. The van der Waals surface area contributed by atoms with E-state index in [9.17, 15) is 0 Å². The van der Waals surface area contributed by atoms with Crippen molar-refractivity contribution in [2.75, 3.05) is 0 Å². The van der Waals surface area contributed by atoms with E-state index in [1.807, 2.05) is 0 Å². The van der Waals surface area contributed by atoms with Crippen LogP contribution in [-0.2, 0) is 12.8 Å². The fraction of sp³-hybridized carbons (Fsp3) is 0.333. The molecule has 4 rings (SSSR count). The number of unbranched alkanes of at least 4 members (excludes halogenated alkanes) is 2. The highest BCUT2D eigenvalue weighted by Gasteiger charge is 2.20. The summed E-state index contributed by atoms with van der Waals surface area (Å²) in [6.07, 6.45) is 9.61. The van der Waals surface area contributed by atoms with Crippen molar-refractivity contribution < 1.29 is 0 Å². The van der Waals surface area contributed by atoms with E-state index in [1.165, 1.54) is 71.9 Å². The van der Waals surface area contributed by atoms with Gasteiger partial charge in [0.1, 0.15) is 0 Å². The van der Waals surface area contributed by atoms with E-state index in [0.717, 1.165) is 12.8 Å². The summed E-state index contributed by atoms with van der Waals surface area (Å²) in [6, 6.07) is 41.1. The molecule has 0 saturated carbocycles. The molecular formula is C36H42. The highest BCUT2D eigenvalue weighted by Crippen LogP contribution is 2.36. The molecule has 4 aromatic carbocycles. The lowest BCUT2D eigenvalue weighted by molar-refractivity contribution is 0.612. The Bertz CT molecular complexity index is 1030. The van der Waals surface area contributed by atoms with Gasteiger partial charge in [0.25, 0.3) is 0 Å². The summed E-state index contributed by atoms with van der Waals surface area (Å²) in [7, 11) is 0. The van der Waals surface area contributed by atoms with E-state index in [1.54, 1.807) is 0 Å². The third-order valence-electron chi connectivity index (χ3n) is 7.55. The van der Waals surface area contributed by atoms with Crippen molar-refractivity contribution in [3.8, 4) is 0 Å². The Balaban J connectivity index is 1.58. The monoisotopic (exact) mass is 474 g/mol. The molecule has 0 fully saturated rings. The SMILES string of the molecule is CCCCc1ccc(C(CCC(c2ccccc2)c2ccc(CCCC)cc2)c2ccccc2)cc1. The third-order valence-corrected chi connectivity index (χ3v) is 7.55. The van der Waals surface area contributed by atoms with E-state index in [-0.39, 0.29) is 0 Å². The number of rotatable bonds is 13. The molecule has 0 aliphatic rings. The molecule has 2 unspecified atom stereocenters. The van der Waals surface area contributed by atoms with Crippen LogP contribution in [0.2, 0.25) is 0 Å². The van der Waals surface area contributed by atoms with Gasteiger partial charge in [0.2, 0.25) is 0 Å². The van der Waals surface area contributed by atoms with E-state index >= 15 is 0 Å². The fourth-order valence-corrected chi connectivity index (χ4v) is 5.35. The minimum atomic E-state index is 0.404. The van der Waals surface area contributed by atoms with Crippen molar-refractivity contribution in [2.24, 2.45) is 0 Å². The first-order valence-electron chi connectivity index (χ1n) is 14.1. The number of aryl methyl sites for hydroxylation is 2. The van der Waals surface area contributed by atoms with Gasteiger partial charge in [-0.2, -0.15) is 0 Å². The minimum Gasteiger partial charge on any atom is -0.0654 e. The molecule has 0 heterocycles. The molecule has 0 radical (unpaired) electrons. The van der Waals surface area contributed by atoms with Crippen LogP contribution < -0.4 is 0 Å². The number of hydrogen-bond donors (Lipinski definition) is 0. The molecular weight excluding hydrogens is 432 g/mol. The van der Waals surface area contributed by atoms with Gasteiger partial charge in [-0.3, -0.25) is 0 Å². The summed E-state index contributed by atoms with van der Waals surface area (Å²) in [5, 5.41) is 0. The van der Waals surface area contributed by atoms with Crippen LogP contribution in [0.25, 0.3) is 0 Å². The van der Waals surface area contributed by atoms with E-state index in [2.05, 4.69) is 123 Å². The van der Waals surface area contributed by atoms with Crippen molar-refractivity contribution >= 4 is 0 Å². The van der Waals surface area contributed by atoms with Crippen LogP contribution in [0, 0.1) is 0 Å². The van der Waals surface area contributed by atoms with Gasteiger partial charge in [0.05, 0.1) is 0 Å². The summed E-state index contributed by atoms with van der Waals surface area (Å²) >= 11 is 0. The standard InChI is InChI=1S/C36H42/c1-3-5-13-29-19-23-33(24-20-29)35(31-15-9-7-10-16-31)27-28-36(32-17-11-8-12-18-32)34-25-21-30(22-26-34)14-6-4-2/h7-12,15-26,35-36H,3-6,13-14,27-28H2,1-2H3. The largest absolute Gasteiger partial charge is 0.0654 e. The molecule has 0 aromatic heterocycles. The number of hydrogen-bond acceptors (Lipinski definition) is 0. The molecule has 0 saturated heterocycles. The van der Waals surface area contributed by atoms with E-state index in [0.29, 0.717) is 11.8 Å². The van der Waals surface area contributed by atoms with Crippen molar-refractivity contribution in [2.45, 2.75) is 77.0 Å². The Kier molecular flexibility index (Phi) is 9.97. The Labute approximate surface area is 219 Å². The summed E-state index contributed by atoms with van der Waals surface area (Å²) in [6.45, 7) is 4.53. The molecule has 0 aliphatic carbocycles. The molecule has 0 heteroatoms. The molecule has 0 spiro atoms. The molecule has 0 aliphatic heterocycles. The van der Waals surface area contributed by atoms with Gasteiger partial charge in [0.15, 0.2) is 0 Å². The van der Waals surface area contributed by atoms with Crippen LogP contribution in [0.3, 0.4) is 0 Å². The van der Waals surface area contributed by atoms with Gasteiger partial charge in [-0.15, -0.1) is 0 Å². The predicted molar refractivity (Wildman–Crippen MR) is 156 cm³/mol. The zero-order chi connectivity index (χ0) is 25.0. The fourth-order valence-electron chi connectivity index (χ4n) is 5.35. The van der Waals surface area contributed by atoms with Gasteiger partial charge >= 0.3 is 0 Å². The van der Waals surface area contributed by atoms with Crippen LogP contribution >= 0.6 is 0 Å². The summed E-state index contributed by atoms with van der Waals surface area (Å²) < 4.78 is 0. The lowest BCUT2D eigenvalue weighted by Gasteiger charge is -2.24. The zero-order valence-electron chi connectivity index (χ0n) is 22.2. The van der Waals surface area contributed by atoms with Crippen LogP contribution in [0.1, 0.15) is 97.6 Å². The summed E-state index contributed by atoms with van der Waals surface area (Å²) in [4.78, 5) is 0. The van der Waals surface area contributed by atoms with Crippen LogP contribution in [-0.4, -0.2) is 0 Å². The van der Waals surface area contributed by atoms with Crippen LogP contribution in [0.15, 0.2) is 109 Å². The second kappa shape index (κ2) is 13.8. The zero-order valence-corrected chi connectivity index (χ0v) is 22.2. The van der Waals surface area contributed by atoms with E-state index < -0.39 is 0 Å². The first kappa shape index (κ1) is 26.0. The van der Waals surface area contributed by atoms with Gasteiger partial charge < -0.3 is 0 Å². The molecule has 0 N–H and O–H groups in total. The highest BCUT2D eigenvalue weighted by atomic mass is 14.2. The summed E-state index contributed by atoms with van der Waals surface area (Å²) in [5.41, 5.74) is 8.61. The van der Waals surface area contributed by atoms with Crippen LogP contribution in [0.4, 0.5) is 0 Å². The lowest BCUT2D eigenvalue weighted by atomic mass is 9.80. The average Bonchev–Trinajstić information content (AvgIpc) is 2.95. The second-order valence-corrected chi connectivity index (χ2v) is 10.2. The van der Waals surface area contributed by atoms with Crippen molar-refractivity contribution in [3.05, 3.63) is 143 Å². The topological polar surface area (TPSA) is 0 Å². The van der Waals surface area contributed by atoms with Gasteiger partial charge in [0, 0.05) is 11.8 Å². The molecule has 2 atom stereocenters. The Morgan fingerprint density at radius 1 is 0.417 bits per heavy atom. The van der Waals surface area contributed by atoms with Gasteiger partial charge in [-0.1, -0.05) is 136 Å². The first-order chi connectivity index (χ1) is 17.8. The molecule has 0 bridgehead atoms. The highest BCUT2D eigenvalue weighted by molar-refractivity contribution is 5.37. The number of benzene rings is 4. The molecule has 0 amide bonds. The predicted octanol–water partition coefficient (Wildman–Crippen LogP) is 10.1. The maximum atomic E-state index is 2.38. The normalized spacial score (nSPS) is 12.8. The summed E-state index contributed by atoms with van der Waals surface area (Å²) in [5.74, 6) is 0.808. The molecule has 36 heavy (non-hydrogen) atoms. The van der Waals surface area contributed by atoms with Crippen LogP contribution in [0.5, 0.6) is 0 Å². The van der Waals surface area contributed by atoms with Gasteiger partial charge in [-0.05, 0) is 71.9 Å². The Hall–Kier alpha value is -3.12. The molecule has 0 nitrogen and oxygen atoms in total.